The lowest BCUT2D eigenvalue weighted by atomic mass is 9.92. The van der Waals surface area contributed by atoms with Gasteiger partial charge in [-0.15, -0.1) is 0 Å². The molecule has 10 heteroatoms. The summed E-state index contributed by atoms with van der Waals surface area (Å²) in [6.45, 7) is 1.67. The van der Waals surface area contributed by atoms with Gasteiger partial charge < -0.3 is 10.2 Å². The topological polar surface area (TPSA) is 104 Å². The first-order chi connectivity index (χ1) is 16.7. The maximum absolute atomic E-state index is 13.9. The van der Waals surface area contributed by atoms with Crippen LogP contribution in [0.1, 0.15) is 54.0 Å². The number of aromatic nitrogens is 2. The van der Waals surface area contributed by atoms with Crippen LogP contribution in [0.2, 0.25) is 0 Å². The number of fused-ring (bicyclic) bond motifs is 3. The van der Waals surface area contributed by atoms with Crippen molar-refractivity contribution in [3.63, 3.8) is 0 Å². The number of benzene rings is 1. The van der Waals surface area contributed by atoms with Crippen LogP contribution in [0.5, 0.6) is 0 Å². The van der Waals surface area contributed by atoms with Crippen LogP contribution < -0.4 is 9.62 Å². The van der Waals surface area contributed by atoms with Gasteiger partial charge in [0.2, 0.25) is 11.8 Å². The van der Waals surface area contributed by atoms with Crippen molar-refractivity contribution in [1.29, 1.82) is 0 Å². The zero-order valence-electron chi connectivity index (χ0n) is 20.2. The third-order valence-corrected chi connectivity index (χ3v) is 10.6. The molecule has 2 aromatic rings. The van der Waals surface area contributed by atoms with E-state index in [2.05, 4.69) is 16.5 Å². The van der Waals surface area contributed by atoms with Gasteiger partial charge in [-0.2, -0.15) is 5.10 Å². The highest BCUT2D eigenvalue weighted by molar-refractivity contribution is 7.94. The molecule has 4 aliphatic rings. The molecule has 2 fully saturated rings. The fourth-order valence-corrected chi connectivity index (χ4v) is 8.62. The third kappa shape index (κ3) is 3.40. The van der Waals surface area contributed by atoms with Gasteiger partial charge in [0, 0.05) is 33.1 Å². The van der Waals surface area contributed by atoms with Crippen LogP contribution in [0.25, 0.3) is 0 Å². The number of hydrogen-bond donors (Lipinski definition) is 1. The largest absolute Gasteiger partial charge is 0.355 e. The number of anilines is 1. The van der Waals surface area contributed by atoms with Crippen molar-refractivity contribution in [2.24, 2.45) is 7.05 Å². The number of sulfonamides is 1. The number of likely N-dealkylation sites (tertiary alicyclic amines) is 1. The Labute approximate surface area is 205 Å². The normalized spacial score (nSPS) is 23.5. The number of carbonyl (C=O) groups excluding carboxylic acids is 2. The monoisotopic (exact) mass is 497 g/mol. The standard InChI is InChI=1S/C25H31N5O4S/c1-16(31)26-9-10-29(19-14-27-28(2)15-19)35(33,34)25-13-23(25)30(25)24(32)12-22-20-7-3-5-17(20)11-18-6-4-8-21(18)22/h11,14-15,23H,3-10,12-13H2,1-2H3,(H,26,31). The minimum atomic E-state index is -3.87. The molecule has 2 unspecified atom stereocenters. The fraction of sp³-hybridized carbons (Fsp3) is 0.560. The van der Waals surface area contributed by atoms with Gasteiger partial charge in [-0.1, -0.05) is 6.07 Å². The molecule has 9 nitrogen and oxygen atoms in total. The Balaban J connectivity index is 1.25. The predicted octanol–water partition coefficient (Wildman–Crippen LogP) is 1.22. The minimum absolute atomic E-state index is 0.0871. The lowest BCUT2D eigenvalue weighted by Crippen LogP contribution is -2.45. The van der Waals surface area contributed by atoms with E-state index >= 15 is 0 Å². The van der Waals surface area contributed by atoms with Gasteiger partial charge >= 0.3 is 0 Å². The Morgan fingerprint density at radius 2 is 1.86 bits per heavy atom. The molecule has 2 heterocycles. The summed E-state index contributed by atoms with van der Waals surface area (Å²) >= 11 is 0. The van der Waals surface area contributed by atoms with Crippen LogP contribution in [0.4, 0.5) is 5.69 Å². The first-order valence-electron chi connectivity index (χ1n) is 12.5. The maximum atomic E-state index is 13.9. The van der Waals surface area contributed by atoms with Crippen molar-refractivity contribution < 1.29 is 18.0 Å². The van der Waals surface area contributed by atoms with E-state index in [1.54, 1.807) is 22.8 Å². The summed E-state index contributed by atoms with van der Waals surface area (Å²) in [4.78, 5) is 25.3. The summed E-state index contributed by atoms with van der Waals surface area (Å²) in [6, 6.07) is 2.09. The van der Waals surface area contributed by atoms with Crippen molar-refractivity contribution in [1.82, 2.24) is 20.0 Å². The molecule has 1 aliphatic heterocycles. The van der Waals surface area contributed by atoms with E-state index in [-0.39, 0.29) is 37.4 Å². The van der Waals surface area contributed by atoms with Crippen LogP contribution in [0.3, 0.4) is 0 Å². The van der Waals surface area contributed by atoms with Gasteiger partial charge in [-0.3, -0.25) is 18.6 Å². The first kappa shape index (κ1) is 22.6. The molecule has 3 aliphatic carbocycles. The van der Waals surface area contributed by atoms with E-state index in [9.17, 15) is 18.0 Å². The Kier molecular flexibility index (Phi) is 5.04. The Bertz CT molecular complexity index is 1320. The molecule has 6 rings (SSSR count). The van der Waals surface area contributed by atoms with E-state index < -0.39 is 14.9 Å². The molecule has 2 atom stereocenters. The van der Waals surface area contributed by atoms with Gasteiger partial charge in [0.1, 0.15) is 0 Å². The number of carbonyl (C=O) groups is 2. The predicted molar refractivity (Wildman–Crippen MR) is 130 cm³/mol. The highest BCUT2D eigenvalue weighted by atomic mass is 32.2. The molecule has 1 N–H and O–H groups in total. The highest BCUT2D eigenvalue weighted by Gasteiger charge is 2.88. The second-order valence-corrected chi connectivity index (χ2v) is 12.4. The number of rotatable bonds is 8. The lowest BCUT2D eigenvalue weighted by Gasteiger charge is -2.26. The number of amides is 2. The van der Waals surface area contributed by atoms with E-state index in [1.165, 1.54) is 45.2 Å². The molecule has 1 saturated heterocycles. The molecule has 2 amide bonds. The van der Waals surface area contributed by atoms with Crippen molar-refractivity contribution in [2.45, 2.75) is 69.2 Å². The van der Waals surface area contributed by atoms with Gasteiger partial charge in [0.15, 0.2) is 4.87 Å². The number of hydrogen-bond acceptors (Lipinski definition) is 5. The molecule has 0 bridgehead atoms. The minimum Gasteiger partial charge on any atom is -0.355 e. The summed E-state index contributed by atoms with van der Waals surface area (Å²) in [5, 5.41) is 6.80. The number of nitrogens with one attached hydrogen (secondary N) is 1. The van der Waals surface area contributed by atoms with Crippen LogP contribution in [-0.2, 0) is 58.8 Å². The van der Waals surface area contributed by atoms with Gasteiger partial charge in [0.05, 0.1) is 30.9 Å². The summed E-state index contributed by atoms with van der Waals surface area (Å²) < 4.78 is 30.6. The average molecular weight is 498 g/mol. The van der Waals surface area contributed by atoms with Crippen molar-refractivity contribution in [2.75, 3.05) is 17.4 Å². The summed E-state index contributed by atoms with van der Waals surface area (Å²) in [7, 11) is -2.14. The molecular weight excluding hydrogens is 466 g/mol. The third-order valence-electron chi connectivity index (χ3n) is 8.10. The van der Waals surface area contributed by atoms with Crippen molar-refractivity contribution >= 4 is 27.5 Å². The smallest absolute Gasteiger partial charge is 0.261 e. The zero-order valence-corrected chi connectivity index (χ0v) is 21.0. The SMILES string of the molecule is CC(=O)NCCN(c1cnn(C)c1)S(=O)(=O)C12CC1N2C(=O)Cc1c2c(cc3c1CCC3)CCC2. The van der Waals surface area contributed by atoms with Gasteiger partial charge in [-0.05, 0) is 66.3 Å². The molecule has 0 spiro atoms. The molecule has 1 saturated carbocycles. The fourth-order valence-electron chi connectivity index (χ4n) is 6.29. The number of aryl methyl sites for hydroxylation is 3. The molecule has 1 aromatic heterocycles. The quantitative estimate of drug-likeness (QED) is 0.553. The van der Waals surface area contributed by atoms with Crippen molar-refractivity contribution in [3.05, 3.63) is 46.3 Å². The maximum Gasteiger partial charge on any atom is 0.261 e. The highest BCUT2D eigenvalue weighted by Crippen LogP contribution is 2.67. The second-order valence-electron chi connectivity index (χ2n) is 10.3. The van der Waals surface area contributed by atoms with Crippen LogP contribution in [-0.4, -0.2) is 58.9 Å². The summed E-state index contributed by atoms with van der Waals surface area (Å²) in [5.41, 5.74) is 7.04. The van der Waals surface area contributed by atoms with E-state index in [0.29, 0.717) is 12.1 Å². The molecular formula is C25H31N5O4S. The van der Waals surface area contributed by atoms with Gasteiger partial charge in [0.25, 0.3) is 10.0 Å². The number of nitrogens with zero attached hydrogens (tertiary/aromatic N) is 4. The molecule has 186 valence electrons. The van der Waals surface area contributed by atoms with Crippen molar-refractivity contribution in [3.8, 4) is 0 Å². The van der Waals surface area contributed by atoms with E-state index in [0.717, 1.165) is 38.5 Å². The first-order valence-corrected chi connectivity index (χ1v) is 13.9. The molecule has 35 heavy (non-hydrogen) atoms. The molecule has 0 radical (unpaired) electrons. The Morgan fingerprint density at radius 3 is 2.43 bits per heavy atom. The second kappa shape index (κ2) is 7.81. The van der Waals surface area contributed by atoms with E-state index in [1.807, 2.05) is 0 Å². The summed E-state index contributed by atoms with van der Waals surface area (Å²) in [6.07, 6.45) is 10.3. The lowest BCUT2D eigenvalue weighted by molar-refractivity contribution is -0.127. The summed E-state index contributed by atoms with van der Waals surface area (Å²) in [5.74, 6) is -0.311. The van der Waals surface area contributed by atoms with Gasteiger partial charge in [-0.25, -0.2) is 8.42 Å². The van der Waals surface area contributed by atoms with Crippen LogP contribution >= 0.6 is 0 Å². The van der Waals surface area contributed by atoms with Crippen LogP contribution in [0.15, 0.2) is 18.5 Å². The van der Waals surface area contributed by atoms with E-state index in [4.69, 9.17) is 0 Å². The molecule has 1 aromatic carbocycles. The zero-order chi connectivity index (χ0) is 24.5. The Hall–Kier alpha value is -2.88. The average Bonchev–Trinajstić information content (AvgIpc) is 3.35. The Morgan fingerprint density at radius 1 is 1.17 bits per heavy atom. The van der Waals surface area contributed by atoms with Crippen LogP contribution in [0, 0.1) is 0 Å².